The van der Waals surface area contributed by atoms with Gasteiger partial charge in [-0.2, -0.15) is 0 Å². The van der Waals surface area contributed by atoms with Gasteiger partial charge in [0, 0.05) is 19.7 Å². The van der Waals surface area contributed by atoms with Crippen LogP contribution >= 0.6 is 11.8 Å². The molecule has 162 valence electrons. The summed E-state index contributed by atoms with van der Waals surface area (Å²) in [5, 5.41) is 11.6. The SMILES string of the molecule is C[C@H](Sc1nnc(N2CCOCC2)n1C[C@@H]1CCCO1)C(=O)Nc1ccccc1F. The minimum absolute atomic E-state index is 0.114. The molecule has 0 unspecified atom stereocenters. The van der Waals surface area contributed by atoms with E-state index in [1.165, 1.54) is 17.8 Å². The number of anilines is 2. The van der Waals surface area contributed by atoms with Crippen molar-refractivity contribution in [3.05, 3.63) is 30.1 Å². The molecule has 2 saturated heterocycles. The van der Waals surface area contributed by atoms with Gasteiger partial charge in [-0.25, -0.2) is 4.39 Å². The van der Waals surface area contributed by atoms with E-state index >= 15 is 0 Å². The van der Waals surface area contributed by atoms with E-state index in [4.69, 9.17) is 9.47 Å². The summed E-state index contributed by atoms with van der Waals surface area (Å²) in [5.74, 6) is 0.0295. The predicted molar refractivity (Wildman–Crippen MR) is 112 cm³/mol. The van der Waals surface area contributed by atoms with Crippen molar-refractivity contribution in [3.8, 4) is 0 Å². The first-order chi connectivity index (χ1) is 14.6. The number of morpholine rings is 1. The number of carbonyl (C=O) groups is 1. The number of aromatic nitrogens is 3. The number of rotatable bonds is 7. The Morgan fingerprint density at radius 1 is 1.30 bits per heavy atom. The summed E-state index contributed by atoms with van der Waals surface area (Å²) in [7, 11) is 0. The lowest BCUT2D eigenvalue weighted by atomic mass is 10.2. The van der Waals surface area contributed by atoms with E-state index in [9.17, 15) is 9.18 Å². The first-order valence-corrected chi connectivity index (χ1v) is 11.1. The molecule has 30 heavy (non-hydrogen) atoms. The highest BCUT2D eigenvalue weighted by Gasteiger charge is 2.27. The van der Waals surface area contributed by atoms with Crippen molar-refractivity contribution < 1.29 is 18.7 Å². The van der Waals surface area contributed by atoms with Gasteiger partial charge < -0.3 is 19.7 Å². The summed E-state index contributed by atoms with van der Waals surface area (Å²) >= 11 is 1.31. The zero-order valence-electron chi connectivity index (χ0n) is 16.9. The van der Waals surface area contributed by atoms with Crippen LogP contribution in [0.3, 0.4) is 0 Å². The van der Waals surface area contributed by atoms with Crippen LogP contribution < -0.4 is 10.2 Å². The van der Waals surface area contributed by atoms with Crippen molar-refractivity contribution in [1.82, 2.24) is 14.8 Å². The van der Waals surface area contributed by atoms with Gasteiger partial charge in [-0.05, 0) is 31.9 Å². The average Bonchev–Trinajstić information content (AvgIpc) is 3.41. The van der Waals surface area contributed by atoms with E-state index in [1.807, 2.05) is 4.57 Å². The molecular formula is C20H26FN5O3S. The van der Waals surface area contributed by atoms with Crippen LogP contribution in [0.25, 0.3) is 0 Å². The molecule has 2 aromatic rings. The fourth-order valence-electron chi connectivity index (χ4n) is 3.53. The summed E-state index contributed by atoms with van der Waals surface area (Å²) in [4.78, 5) is 14.8. The van der Waals surface area contributed by atoms with Crippen molar-refractivity contribution >= 4 is 29.3 Å². The molecule has 1 aromatic carbocycles. The summed E-state index contributed by atoms with van der Waals surface area (Å²) in [6.45, 7) is 5.98. The minimum atomic E-state index is -0.477. The van der Waals surface area contributed by atoms with Gasteiger partial charge in [0.25, 0.3) is 0 Å². The number of hydrogen-bond acceptors (Lipinski definition) is 7. The van der Waals surface area contributed by atoms with Gasteiger partial charge in [0.15, 0.2) is 5.16 Å². The largest absolute Gasteiger partial charge is 0.378 e. The van der Waals surface area contributed by atoms with E-state index in [1.54, 1.807) is 25.1 Å². The van der Waals surface area contributed by atoms with E-state index in [0.717, 1.165) is 38.5 Å². The number of hydrogen-bond donors (Lipinski definition) is 1. The number of ether oxygens (including phenoxy) is 2. The highest BCUT2D eigenvalue weighted by atomic mass is 32.2. The lowest BCUT2D eigenvalue weighted by Gasteiger charge is -2.28. The van der Waals surface area contributed by atoms with Crippen LogP contribution in [0.5, 0.6) is 0 Å². The Hall–Kier alpha value is -2.17. The number of para-hydroxylation sites is 1. The quantitative estimate of drug-likeness (QED) is 0.670. The molecule has 2 aliphatic rings. The van der Waals surface area contributed by atoms with Crippen LogP contribution in [0.15, 0.2) is 29.4 Å². The van der Waals surface area contributed by atoms with Crippen molar-refractivity contribution in [2.24, 2.45) is 0 Å². The topological polar surface area (TPSA) is 81.5 Å². The Morgan fingerprint density at radius 2 is 2.10 bits per heavy atom. The maximum absolute atomic E-state index is 13.9. The summed E-state index contributed by atoms with van der Waals surface area (Å²) in [6.07, 6.45) is 2.15. The zero-order valence-corrected chi connectivity index (χ0v) is 17.7. The van der Waals surface area contributed by atoms with Crippen molar-refractivity contribution in [3.63, 3.8) is 0 Å². The standard InChI is InChI=1S/C20H26FN5O3S/c1-14(18(27)22-17-7-3-2-6-16(17)21)30-20-24-23-19(25-8-11-28-12-9-25)26(20)13-15-5-4-10-29-15/h2-3,6-7,14-15H,4-5,8-13H2,1H3,(H,22,27)/t14-,15-/m0/s1. The molecule has 3 heterocycles. The van der Waals surface area contributed by atoms with Crippen LogP contribution in [0, 0.1) is 5.82 Å². The lowest BCUT2D eigenvalue weighted by molar-refractivity contribution is -0.115. The Balaban J connectivity index is 1.49. The molecule has 2 atom stereocenters. The molecule has 0 bridgehead atoms. The molecule has 0 spiro atoms. The number of amides is 1. The van der Waals surface area contributed by atoms with Gasteiger partial charge in [-0.3, -0.25) is 9.36 Å². The highest BCUT2D eigenvalue weighted by Crippen LogP contribution is 2.29. The third kappa shape index (κ3) is 4.93. The molecule has 10 heteroatoms. The number of benzene rings is 1. The first-order valence-electron chi connectivity index (χ1n) is 10.2. The number of thioether (sulfide) groups is 1. The molecular weight excluding hydrogens is 409 g/mol. The second kappa shape index (κ2) is 9.76. The molecule has 8 nitrogen and oxygen atoms in total. The average molecular weight is 436 g/mol. The Bertz CT molecular complexity index is 868. The van der Waals surface area contributed by atoms with Gasteiger partial charge in [-0.15, -0.1) is 10.2 Å². The smallest absolute Gasteiger partial charge is 0.237 e. The number of carbonyl (C=O) groups excluding carboxylic acids is 1. The molecule has 0 aliphatic carbocycles. The maximum atomic E-state index is 13.9. The lowest BCUT2D eigenvalue weighted by Crippen LogP contribution is -2.38. The molecule has 1 aromatic heterocycles. The van der Waals surface area contributed by atoms with Crippen molar-refractivity contribution in [1.29, 1.82) is 0 Å². The Morgan fingerprint density at radius 3 is 2.83 bits per heavy atom. The summed E-state index contributed by atoms with van der Waals surface area (Å²) < 4.78 is 27.2. The fourth-order valence-corrected chi connectivity index (χ4v) is 4.38. The predicted octanol–water partition coefficient (Wildman–Crippen LogP) is 2.55. The number of nitrogens with zero attached hydrogens (tertiary/aromatic N) is 4. The maximum Gasteiger partial charge on any atom is 0.237 e. The second-order valence-corrected chi connectivity index (χ2v) is 8.66. The Labute approximate surface area is 179 Å². The summed E-state index contributed by atoms with van der Waals surface area (Å²) in [5.41, 5.74) is 0.171. The fraction of sp³-hybridized carbons (Fsp3) is 0.550. The van der Waals surface area contributed by atoms with Crippen LogP contribution in [0.2, 0.25) is 0 Å². The van der Waals surface area contributed by atoms with Crippen LogP contribution in [0.4, 0.5) is 16.0 Å². The normalized spacial score (nSPS) is 20.3. The molecule has 1 N–H and O–H groups in total. The van der Waals surface area contributed by atoms with Crippen LogP contribution in [-0.2, 0) is 20.8 Å². The van der Waals surface area contributed by atoms with Crippen LogP contribution in [0.1, 0.15) is 19.8 Å². The molecule has 0 radical (unpaired) electrons. The number of halogens is 1. The van der Waals surface area contributed by atoms with Crippen molar-refractivity contribution in [2.45, 2.75) is 42.8 Å². The molecule has 1 amide bonds. The van der Waals surface area contributed by atoms with Gasteiger partial charge in [-0.1, -0.05) is 23.9 Å². The molecule has 2 aliphatic heterocycles. The Kier molecular flexibility index (Phi) is 6.86. The van der Waals surface area contributed by atoms with Gasteiger partial charge in [0.05, 0.1) is 36.8 Å². The molecule has 0 saturated carbocycles. The summed E-state index contributed by atoms with van der Waals surface area (Å²) in [6, 6.07) is 6.13. The molecule has 4 rings (SSSR count). The van der Waals surface area contributed by atoms with Crippen LogP contribution in [-0.4, -0.2) is 64.9 Å². The van der Waals surface area contributed by atoms with Gasteiger partial charge in [0.2, 0.25) is 11.9 Å². The van der Waals surface area contributed by atoms with E-state index in [2.05, 4.69) is 20.4 Å². The first kappa shape index (κ1) is 21.1. The second-order valence-electron chi connectivity index (χ2n) is 7.36. The van der Waals surface area contributed by atoms with Crippen molar-refractivity contribution in [2.75, 3.05) is 43.1 Å². The zero-order chi connectivity index (χ0) is 20.9. The number of nitrogens with one attached hydrogen (secondary N) is 1. The molecule has 2 fully saturated rings. The van der Waals surface area contributed by atoms with Gasteiger partial charge >= 0.3 is 0 Å². The van der Waals surface area contributed by atoms with Gasteiger partial charge in [0.1, 0.15) is 5.82 Å². The third-order valence-corrected chi connectivity index (χ3v) is 6.27. The third-order valence-electron chi connectivity index (χ3n) is 5.18. The van der Waals surface area contributed by atoms with E-state index < -0.39 is 11.1 Å². The van der Waals surface area contributed by atoms with E-state index in [0.29, 0.717) is 24.9 Å². The highest BCUT2D eigenvalue weighted by molar-refractivity contribution is 8.00. The minimum Gasteiger partial charge on any atom is -0.378 e. The monoisotopic (exact) mass is 435 g/mol. The van der Waals surface area contributed by atoms with E-state index in [-0.39, 0.29) is 17.7 Å².